The minimum absolute atomic E-state index is 0.0823. The Morgan fingerprint density at radius 3 is 2.26 bits per heavy atom. The zero-order chi connectivity index (χ0) is 13.8. The SMILES string of the molecule is CN(C(=O)c1ccccc1[N+](=O)[O-])c1ccccc1. The molecule has 5 heteroatoms. The number of carbonyl (C=O) groups is 1. The Balaban J connectivity index is 2.38. The van der Waals surface area contributed by atoms with Crippen molar-refractivity contribution in [3.05, 3.63) is 70.3 Å². The number of anilines is 1. The fraction of sp³-hybridized carbons (Fsp3) is 0.0714. The van der Waals surface area contributed by atoms with Crippen LogP contribution < -0.4 is 4.90 Å². The summed E-state index contributed by atoms with van der Waals surface area (Å²) in [4.78, 5) is 24.1. The zero-order valence-corrected chi connectivity index (χ0v) is 10.3. The first-order valence-corrected chi connectivity index (χ1v) is 5.68. The smallest absolute Gasteiger partial charge is 0.282 e. The second-order valence-electron chi connectivity index (χ2n) is 3.97. The van der Waals surface area contributed by atoms with E-state index in [0.717, 1.165) is 0 Å². The molecule has 0 radical (unpaired) electrons. The molecule has 0 unspecified atom stereocenters. The van der Waals surface area contributed by atoms with Gasteiger partial charge in [-0.15, -0.1) is 0 Å². The van der Waals surface area contributed by atoms with E-state index in [2.05, 4.69) is 0 Å². The van der Waals surface area contributed by atoms with E-state index >= 15 is 0 Å². The number of nitrogens with zero attached hydrogens (tertiary/aromatic N) is 2. The van der Waals surface area contributed by atoms with E-state index in [1.54, 1.807) is 37.4 Å². The van der Waals surface area contributed by atoms with E-state index in [1.807, 2.05) is 6.07 Å². The summed E-state index contributed by atoms with van der Waals surface area (Å²) in [5, 5.41) is 10.9. The van der Waals surface area contributed by atoms with Crippen LogP contribution in [0.4, 0.5) is 11.4 Å². The van der Waals surface area contributed by atoms with Crippen LogP contribution in [0.25, 0.3) is 0 Å². The van der Waals surface area contributed by atoms with Crippen LogP contribution in [0.2, 0.25) is 0 Å². The first-order chi connectivity index (χ1) is 9.11. The monoisotopic (exact) mass is 256 g/mol. The summed E-state index contributed by atoms with van der Waals surface area (Å²) in [5.41, 5.74) is 0.583. The molecule has 0 aromatic heterocycles. The van der Waals surface area contributed by atoms with Crippen molar-refractivity contribution in [2.75, 3.05) is 11.9 Å². The lowest BCUT2D eigenvalue weighted by Crippen LogP contribution is -2.26. The molecular formula is C14H12N2O3. The molecule has 2 rings (SSSR count). The normalized spacial score (nSPS) is 9.95. The van der Waals surface area contributed by atoms with E-state index in [0.29, 0.717) is 5.69 Å². The number of nitro benzene ring substituents is 1. The van der Waals surface area contributed by atoms with Gasteiger partial charge >= 0.3 is 0 Å². The molecule has 1 amide bonds. The number of para-hydroxylation sites is 2. The maximum absolute atomic E-state index is 12.3. The molecule has 0 bridgehead atoms. The number of benzene rings is 2. The van der Waals surface area contributed by atoms with Gasteiger partial charge in [-0.1, -0.05) is 30.3 Å². The molecule has 0 saturated carbocycles. The van der Waals surface area contributed by atoms with Gasteiger partial charge in [-0.2, -0.15) is 0 Å². The first kappa shape index (κ1) is 12.8. The summed E-state index contributed by atoms with van der Waals surface area (Å²) in [7, 11) is 1.59. The maximum atomic E-state index is 12.3. The number of carbonyl (C=O) groups excluding carboxylic acids is 1. The van der Waals surface area contributed by atoms with Crippen LogP contribution >= 0.6 is 0 Å². The Bertz CT molecular complexity index is 611. The lowest BCUT2D eigenvalue weighted by atomic mass is 10.1. The summed E-state index contributed by atoms with van der Waals surface area (Å²) in [6, 6.07) is 14.9. The predicted molar refractivity (Wildman–Crippen MR) is 72.3 cm³/mol. The average Bonchev–Trinajstić information content (AvgIpc) is 2.46. The summed E-state index contributed by atoms with van der Waals surface area (Å²) < 4.78 is 0. The summed E-state index contributed by atoms with van der Waals surface area (Å²) in [5.74, 6) is -0.404. The lowest BCUT2D eigenvalue weighted by Gasteiger charge is -2.17. The van der Waals surface area contributed by atoms with Crippen LogP contribution in [-0.4, -0.2) is 17.9 Å². The second-order valence-corrected chi connectivity index (χ2v) is 3.97. The Morgan fingerprint density at radius 2 is 1.63 bits per heavy atom. The van der Waals surface area contributed by atoms with Gasteiger partial charge in [0.1, 0.15) is 5.56 Å². The highest BCUT2D eigenvalue weighted by Crippen LogP contribution is 2.21. The van der Waals surface area contributed by atoms with E-state index in [4.69, 9.17) is 0 Å². The van der Waals surface area contributed by atoms with E-state index in [1.165, 1.54) is 23.1 Å². The third-order valence-corrected chi connectivity index (χ3v) is 2.78. The van der Waals surface area contributed by atoms with Gasteiger partial charge in [-0.3, -0.25) is 14.9 Å². The highest BCUT2D eigenvalue weighted by Gasteiger charge is 2.22. The molecule has 0 aliphatic carbocycles. The number of hydrogen-bond acceptors (Lipinski definition) is 3. The molecule has 0 saturated heterocycles. The predicted octanol–water partition coefficient (Wildman–Crippen LogP) is 2.87. The molecule has 19 heavy (non-hydrogen) atoms. The molecule has 0 atom stereocenters. The summed E-state index contributed by atoms with van der Waals surface area (Å²) >= 11 is 0. The number of hydrogen-bond donors (Lipinski definition) is 0. The van der Waals surface area contributed by atoms with E-state index < -0.39 is 10.8 Å². The van der Waals surface area contributed by atoms with Crippen molar-refractivity contribution < 1.29 is 9.72 Å². The van der Waals surface area contributed by atoms with E-state index in [9.17, 15) is 14.9 Å². The number of amides is 1. The molecule has 0 spiro atoms. The molecule has 0 fully saturated rings. The molecule has 96 valence electrons. The third-order valence-electron chi connectivity index (χ3n) is 2.78. The van der Waals surface area contributed by atoms with Crippen LogP contribution in [-0.2, 0) is 0 Å². The average molecular weight is 256 g/mol. The fourth-order valence-corrected chi connectivity index (χ4v) is 1.76. The number of rotatable bonds is 3. The highest BCUT2D eigenvalue weighted by molar-refractivity contribution is 6.08. The molecule has 0 heterocycles. The molecule has 5 nitrogen and oxygen atoms in total. The Kier molecular flexibility index (Phi) is 3.56. The van der Waals surface area contributed by atoms with Crippen molar-refractivity contribution in [3.63, 3.8) is 0 Å². The molecular weight excluding hydrogens is 244 g/mol. The van der Waals surface area contributed by atoms with Crippen molar-refractivity contribution in [1.29, 1.82) is 0 Å². The Morgan fingerprint density at radius 1 is 1.05 bits per heavy atom. The Hall–Kier alpha value is -2.69. The molecule has 2 aromatic carbocycles. The van der Waals surface area contributed by atoms with E-state index in [-0.39, 0.29) is 11.3 Å². The largest absolute Gasteiger partial charge is 0.311 e. The van der Waals surface area contributed by atoms with Gasteiger partial charge in [0.25, 0.3) is 11.6 Å². The van der Waals surface area contributed by atoms with Crippen molar-refractivity contribution >= 4 is 17.3 Å². The minimum Gasteiger partial charge on any atom is -0.311 e. The van der Waals surface area contributed by atoms with Crippen LogP contribution in [0.3, 0.4) is 0 Å². The van der Waals surface area contributed by atoms with Crippen LogP contribution in [0.15, 0.2) is 54.6 Å². The molecule has 0 aliphatic heterocycles. The fourth-order valence-electron chi connectivity index (χ4n) is 1.76. The van der Waals surface area contributed by atoms with Gasteiger partial charge in [0, 0.05) is 18.8 Å². The first-order valence-electron chi connectivity index (χ1n) is 5.68. The molecule has 0 N–H and O–H groups in total. The topological polar surface area (TPSA) is 63.5 Å². The maximum Gasteiger partial charge on any atom is 0.282 e. The lowest BCUT2D eigenvalue weighted by molar-refractivity contribution is -0.385. The van der Waals surface area contributed by atoms with Gasteiger partial charge < -0.3 is 4.90 Å². The Labute approximate surface area is 110 Å². The van der Waals surface area contributed by atoms with Gasteiger partial charge in [0.2, 0.25) is 0 Å². The van der Waals surface area contributed by atoms with Gasteiger partial charge in [0.05, 0.1) is 4.92 Å². The summed E-state index contributed by atoms with van der Waals surface area (Å²) in [6.45, 7) is 0. The van der Waals surface area contributed by atoms with Crippen molar-refractivity contribution in [1.82, 2.24) is 0 Å². The zero-order valence-electron chi connectivity index (χ0n) is 10.3. The van der Waals surface area contributed by atoms with Crippen LogP contribution in [0.1, 0.15) is 10.4 Å². The second kappa shape index (κ2) is 5.30. The van der Waals surface area contributed by atoms with Gasteiger partial charge in [-0.05, 0) is 18.2 Å². The quantitative estimate of drug-likeness (QED) is 0.626. The molecule has 2 aromatic rings. The highest BCUT2D eigenvalue weighted by atomic mass is 16.6. The van der Waals surface area contributed by atoms with Crippen molar-refractivity contribution in [2.45, 2.75) is 0 Å². The van der Waals surface area contributed by atoms with Crippen molar-refractivity contribution in [3.8, 4) is 0 Å². The van der Waals surface area contributed by atoms with Crippen LogP contribution in [0, 0.1) is 10.1 Å². The van der Waals surface area contributed by atoms with Gasteiger partial charge in [-0.25, -0.2) is 0 Å². The summed E-state index contributed by atoms with van der Waals surface area (Å²) in [6.07, 6.45) is 0. The van der Waals surface area contributed by atoms with Crippen LogP contribution in [0.5, 0.6) is 0 Å². The minimum atomic E-state index is -0.550. The standard InChI is InChI=1S/C14H12N2O3/c1-15(11-7-3-2-4-8-11)14(17)12-9-5-6-10-13(12)16(18)19/h2-10H,1H3. The third kappa shape index (κ3) is 2.60. The molecule has 0 aliphatic rings. The van der Waals surface area contributed by atoms with Crippen molar-refractivity contribution in [2.24, 2.45) is 0 Å². The number of nitro groups is 1. The van der Waals surface area contributed by atoms with Gasteiger partial charge in [0.15, 0.2) is 0 Å².